The first kappa shape index (κ1) is 17.6. The van der Waals surface area contributed by atoms with Gasteiger partial charge in [0.1, 0.15) is 6.54 Å². The zero-order chi connectivity index (χ0) is 18.0. The molecule has 1 aromatic rings. The van der Waals surface area contributed by atoms with Crippen LogP contribution in [0.3, 0.4) is 0 Å². The number of aromatic nitrogens is 2. The highest BCUT2D eigenvalue weighted by Gasteiger charge is 2.32. The van der Waals surface area contributed by atoms with Crippen molar-refractivity contribution in [3.05, 3.63) is 17.5 Å². The molecule has 25 heavy (non-hydrogen) atoms. The van der Waals surface area contributed by atoms with Crippen LogP contribution in [0.15, 0.2) is 6.07 Å². The fraction of sp³-hybridized carbons (Fsp3) is 0.647. The number of nitrogens with zero attached hydrogens (tertiary/aromatic N) is 5. The second-order valence-corrected chi connectivity index (χ2v) is 6.75. The summed E-state index contributed by atoms with van der Waals surface area (Å²) in [4.78, 5) is 40.7. The number of aryl methyl sites for hydroxylation is 2. The van der Waals surface area contributed by atoms with Crippen LogP contribution in [-0.4, -0.2) is 81.5 Å². The number of likely N-dealkylation sites (tertiary alicyclic amines) is 1. The number of imide groups is 1. The Morgan fingerprint density at radius 2 is 1.68 bits per heavy atom. The molecule has 3 rings (SSSR count). The lowest BCUT2D eigenvalue weighted by molar-refractivity contribution is -0.146. The maximum absolute atomic E-state index is 12.3. The topological polar surface area (TPSA) is 78.8 Å². The minimum Gasteiger partial charge on any atom is -0.339 e. The summed E-state index contributed by atoms with van der Waals surface area (Å²) in [5.74, 6) is -0.606. The molecule has 0 saturated carbocycles. The SMILES string of the molecule is Cc1cc(C)n(CCN2CCN(C(=O)CN3C(=O)CCC3=O)CC2)n1. The van der Waals surface area contributed by atoms with E-state index in [9.17, 15) is 14.4 Å². The molecule has 0 radical (unpaired) electrons. The minimum absolute atomic E-state index is 0.108. The molecule has 1 aromatic heterocycles. The monoisotopic (exact) mass is 347 g/mol. The lowest BCUT2D eigenvalue weighted by atomic mass is 10.3. The van der Waals surface area contributed by atoms with Crippen molar-refractivity contribution in [1.82, 2.24) is 24.5 Å². The minimum atomic E-state index is -0.234. The Balaban J connectivity index is 1.43. The van der Waals surface area contributed by atoms with Crippen LogP contribution in [0, 0.1) is 13.8 Å². The summed E-state index contributed by atoms with van der Waals surface area (Å²) in [5.41, 5.74) is 2.19. The molecule has 3 heterocycles. The maximum Gasteiger partial charge on any atom is 0.242 e. The van der Waals surface area contributed by atoms with E-state index in [1.807, 2.05) is 11.6 Å². The number of carbonyl (C=O) groups is 3. The van der Waals surface area contributed by atoms with E-state index >= 15 is 0 Å². The van der Waals surface area contributed by atoms with Crippen LogP contribution in [0.5, 0.6) is 0 Å². The lowest BCUT2D eigenvalue weighted by Crippen LogP contribution is -2.52. The van der Waals surface area contributed by atoms with E-state index in [2.05, 4.69) is 23.0 Å². The van der Waals surface area contributed by atoms with E-state index in [0.29, 0.717) is 13.1 Å². The summed E-state index contributed by atoms with van der Waals surface area (Å²) < 4.78 is 2.01. The largest absolute Gasteiger partial charge is 0.339 e. The van der Waals surface area contributed by atoms with Crippen molar-refractivity contribution in [1.29, 1.82) is 0 Å². The number of carbonyl (C=O) groups excluding carboxylic acids is 3. The quantitative estimate of drug-likeness (QED) is 0.689. The second-order valence-electron chi connectivity index (χ2n) is 6.75. The van der Waals surface area contributed by atoms with Crippen molar-refractivity contribution in [3.63, 3.8) is 0 Å². The number of amides is 3. The van der Waals surface area contributed by atoms with Crippen LogP contribution in [0.4, 0.5) is 0 Å². The van der Waals surface area contributed by atoms with Gasteiger partial charge in [-0.05, 0) is 19.9 Å². The predicted molar refractivity (Wildman–Crippen MR) is 90.7 cm³/mol. The molecule has 0 aliphatic carbocycles. The molecule has 2 fully saturated rings. The van der Waals surface area contributed by atoms with Crippen molar-refractivity contribution in [3.8, 4) is 0 Å². The highest BCUT2D eigenvalue weighted by Crippen LogP contribution is 2.12. The lowest BCUT2D eigenvalue weighted by Gasteiger charge is -2.35. The molecule has 0 bridgehead atoms. The van der Waals surface area contributed by atoms with Crippen LogP contribution >= 0.6 is 0 Å². The molecule has 0 spiro atoms. The van der Waals surface area contributed by atoms with Crippen LogP contribution in [0.25, 0.3) is 0 Å². The van der Waals surface area contributed by atoms with Gasteiger partial charge >= 0.3 is 0 Å². The Hall–Kier alpha value is -2.22. The number of hydrogen-bond donors (Lipinski definition) is 0. The zero-order valence-corrected chi connectivity index (χ0v) is 14.9. The summed E-state index contributed by atoms with van der Waals surface area (Å²) in [6.07, 6.45) is 0.457. The Morgan fingerprint density at radius 3 is 2.24 bits per heavy atom. The van der Waals surface area contributed by atoms with E-state index in [-0.39, 0.29) is 37.1 Å². The highest BCUT2D eigenvalue weighted by atomic mass is 16.2. The first-order valence-electron chi connectivity index (χ1n) is 8.78. The van der Waals surface area contributed by atoms with E-state index in [4.69, 9.17) is 0 Å². The molecule has 3 amide bonds. The van der Waals surface area contributed by atoms with Gasteiger partial charge in [-0.2, -0.15) is 5.10 Å². The first-order chi connectivity index (χ1) is 11.9. The number of hydrogen-bond acceptors (Lipinski definition) is 5. The van der Waals surface area contributed by atoms with E-state index in [0.717, 1.165) is 42.5 Å². The summed E-state index contributed by atoms with van der Waals surface area (Å²) in [6.45, 7) is 8.53. The zero-order valence-electron chi connectivity index (χ0n) is 14.9. The predicted octanol–water partition coefficient (Wildman–Crippen LogP) is -0.207. The summed E-state index contributed by atoms with van der Waals surface area (Å²) in [7, 11) is 0. The molecule has 8 nitrogen and oxygen atoms in total. The molecule has 136 valence electrons. The van der Waals surface area contributed by atoms with Gasteiger partial charge in [0, 0.05) is 51.3 Å². The van der Waals surface area contributed by atoms with Crippen LogP contribution < -0.4 is 0 Å². The van der Waals surface area contributed by atoms with Gasteiger partial charge in [-0.1, -0.05) is 0 Å². The van der Waals surface area contributed by atoms with Crippen molar-refractivity contribution < 1.29 is 14.4 Å². The molecule has 0 atom stereocenters. The molecular formula is C17H25N5O3. The second kappa shape index (κ2) is 7.35. The van der Waals surface area contributed by atoms with Crippen LogP contribution in [0.2, 0.25) is 0 Å². The van der Waals surface area contributed by atoms with Crippen molar-refractivity contribution in [2.75, 3.05) is 39.3 Å². The van der Waals surface area contributed by atoms with Gasteiger partial charge in [0.05, 0.1) is 12.2 Å². The van der Waals surface area contributed by atoms with Gasteiger partial charge in [0.2, 0.25) is 17.7 Å². The molecule has 0 aromatic carbocycles. The van der Waals surface area contributed by atoms with Gasteiger partial charge < -0.3 is 4.90 Å². The smallest absolute Gasteiger partial charge is 0.242 e. The Kier molecular flexibility index (Phi) is 5.17. The summed E-state index contributed by atoms with van der Waals surface area (Å²) >= 11 is 0. The molecule has 0 N–H and O–H groups in total. The standard InChI is InChI=1S/C17H25N5O3/c1-13-11-14(2)22(18-13)10-7-19-5-8-20(9-6-19)17(25)12-21-15(23)3-4-16(21)24/h11H,3-10,12H2,1-2H3. The third kappa shape index (κ3) is 4.07. The third-order valence-corrected chi connectivity index (χ3v) is 4.90. The fourth-order valence-corrected chi connectivity index (χ4v) is 3.39. The van der Waals surface area contributed by atoms with Crippen molar-refractivity contribution in [2.24, 2.45) is 0 Å². The fourth-order valence-electron chi connectivity index (χ4n) is 3.39. The molecule has 2 aliphatic heterocycles. The average molecular weight is 347 g/mol. The number of piperazine rings is 1. The maximum atomic E-state index is 12.3. The Labute approximate surface area is 147 Å². The average Bonchev–Trinajstić information content (AvgIpc) is 3.08. The van der Waals surface area contributed by atoms with Gasteiger partial charge in [0.25, 0.3) is 0 Å². The molecular weight excluding hydrogens is 322 g/mol. The molecule has 0 unspecified atom stereocenters. The Bertz CT molecular complexity index is 660. The van der Waals surface area contributed by atoms with E-state index < -0.39 is 0 Å². The van der Waals surface area contributed by atoms with Crippen molar-refractivity contribution >= 4 is 17.7 Å². The molecule has 2 aliphatic rings. The van der Waals surface area contributed by atoms with Gasteiger partial charge in [-0.3, -0.25) is 28.9 Å². The first-order valence-corrected chi connectivity index (χ1v) is 8.78. The van der Waals surface area contributed by atoms with Gasteiger partial charge in [-0.25, -0.2) is 0 Å². The van der Waals surface area contributed by atoms with E-state index in [1.165, 1.54) is 0 Å². The van der Waals surface area contributed by atoms with Crippen LogP contribution in [0.1, 0.15) is 24.2 Å². The van der Waals surface area contributed by atoms with E-state index in [1.54, 1.807) is 4.90 Å². The number of rotatable bonds is 5. The third-order valence-electron chi connectivity index (χ3n) is 4.90. The Morgan fingerprint density at radius 1 is 1.04 bits per heavy atom. The summed E-state index contributed by atoms with van der Waals surface area (Å²) in [6, 6.07) is 2.07. The van der Waals surface area contributed by atoms with Gasteiger partial charge in [0.15, 0.2) is 0 Å². The molecule has 8 heteroatoms. The summed E-state index contributed by atoms with van der Waals surface area (Å²) in [5, 5.41) is 4.47. The normalized spacial score (nSPS) is 19.1. The van der Waals surface area contributed by atoms with Crippen LogP contribution in [-0.2, 0) is 20.9 Å². The highest BCUT2D eigenvalue weighted by molar-refractivity contribution is 6.04. The van der Waals surface area contributed by atoms with Crippen molar-refractivity contribution in [2.45, 2.75) is 33.2 Å². The molecule has 2 saturated heterocycles. The van der Waals surface area contributed by atoms with Gasteiger partial charge in [-0.15, -0.1) is 0 Å².